The van der Waals surface area contributed by atoms with Gasteiger partial charge in [0, 0.05) is 6.54 Å². The highest BCUT2D eigenvalue weighted by Gasteiger charge is 2.27. The van der Waals surface area contributed by atoms with Gasteiger partial charge in [-0.2, -0.15) is 0 Å². The van der Waals surface area contributed by atoms with Crippen molar-refractivity contribution < 1.29 is 33.5 Å². The molecule has 0 aliphatic rings. The second kappa shape index (κ2) is 34.9. The summed E-state index contributed by atoms with van der Waals surface area (Å²) in [6.07, 6.45) is 38.0. The Morgan fingerprint density at radius 2 is 1.29 bits per heavy atom. The highest BCUT2D eigenvalue weighted by atomic mass is 31.2. The molecule has 0 radical (unpaired) electrons. The summed E-state index contributed by atoms with van der Waals surface area (Å²) in [6.45, 7) is 3.75. The average molecular weight is 713 g/mol. The molecule has 0 rings (SSSR count). The summed E-state index contributed by atoms with van der Waals surface area (Å²) >= 11 is 0. The molecule has 0 aliphatic heterocycles. The van der Waals surface area contributed by atoms with Crippen molar-refractivity contribution in [1.82, 2.24) is 5.32 Å². The van der Waals surface area contributed by atoms with E-state index in [2.05, 4.69) is 55.6 Å². The van der Waals surface area contributed by atoms with E-state index < -0.39 is 38.6 Å². The number of nitrogens with one attached hydrogen (secondary N) is 1. The number of carbonyl (C=O) groups excluding carboxylic acids is 1. The lowest BCUT2D eigenvalue weighted by atomic mass is 10.0. The molecule has 286 valence electrons. The molecule has 0 saturated heterocycles. The predicted octanol–water partition coefficient (Wildman–Crippen LogP) is 9.13. The fraction of sp³-hybridized carbons (Fsp3) is 0.769. The van der Waals surface area contributed by atoms with E-state index >= 15 is 0 Å². The minimum atomic E-state index is -4.40. The van der Waals surface area contributed by atoms with Gasteiger partial charge in [-0.25, -0.2) is 4.57 Å². The van der Waals surface area contributed by atoms with E-state index in [1.165, 1.54) is 64.2 Å². The maximum absolute atomic E-state index is 12.7. The monoisotopic (exact) mass is 713 g/mol. The standard InChI is InChI=1S/C39H73N2O7P/c1-3-5-7-9-11-13-14-15-16-17-18-19-20-21-22-23-24-26-28-30-36(42)34-39(44)41-37(35-48-49(45,46)47-33-32-40)38(43)31-29-27-25-12-10-8-6-4-2/h5,7,10-13,29,31,36-38,42-43H,3-4,6,8-9,14-28,30,32-35,40H2,1-2H3,(H,41,44)(H,45,46)/b7-5-,12-10+,13-11-,31-29+. The fourth-order valence-corrected chi connectivity index (χ4v) is 6.03. The Bertz CT molecular complexity index is 925. The van der Waals surface area contributed by atoms with Gasteiger partial charge in [0.15, 0.2) is 0 Å². The minimum absolute atomic E-state index is 0.0428. The molecule has 9 nitrogen and oxygen atoms in total. The van der Waals surface area contributed by atoms with E-state index in [9.17, 15) is 24.5 Å². The van der Waals surface area contributed by atoms with Gasteiger partial charge in [-0.05, 0) is 51.4 Å². The van der Waals surface area contributed by atoms with Crippen molar-refractivity contribution >= 4 is 13.7 Å². The molecular weight excluding hydrogens is 639 g/mol. The van der Waals surface area contributed by atoms with Crippen LogP contribution in [-0.2, 0) is 18.4 Å². The zero-order chi connectivity index (χ0) is 36.3. The molecule has 0 aromatic heterocycles. The second-order valence-corrected chi connectivity index (χ2v) is 14.4. The topological polar surface area (TPSA) is 151 Å². The molecule has 4 unspecified atom stereocenters. The van der Waals surface area contributed by atoms with Crippen LogP contribution in [0.3, 0.4) is 0 Å². The third-order valence-corrected chi connectivity index (χ3v) is 9.18. The number of hydrogen-bond acceptors (Lipinski definition) is 7. The first kappa shape index (κ1) is 47.4. The number of allylic oxidation sites excluding steroid dienone is 7. The van der Waals surface area contributed by atoms with Crippen molar-refractivity contribution in [2.45, 2.75) is 173 Å². The number of rotatable bonds is 35. The van der Waals surface area contributed by atoms with Gasteiger partial charge in [0.05, 0.1) is 37.9 Å². The predicted molar refractivity (Wildman–Crippen MR) is 204 cm³/mol. The molecule has 0 saturated carbocycles. The zero-order valence-corrected chi connectivity index (χ0v) is 31.9. The number of hydrogen-bond donors (Lipinski definition) is 5. The van der Waals surface area contributed by atoms with Crippen LogP contribution in [0.1, 0.15) is 155 Å². The van der Waals surface area contributed by atoms with Crippen LogP contribution >= 0.6 is 7.82 Å². The van der Waals surface area contributed by atoms with E-state index in [4.69, 9.17) is 14.8 Å². The lowest BCUT2D eigenvalue weighted by Gasteiger charge is -2.24. The van der Waals surface area contributed by atoms with Crippen LogP contribution in [0.5, 0.6) is 0 Å². The molecule has 1 amide bonds. The van der Waals surface area contributed by atoms with Crippen LogP contribution in [0.25, 0.3) is 0 Å². The summed E-state index contributed by atoms with van der Waals surface area (Å²) in [5, 5.41) is 23.8. The van der Waals surface area contributed by atoms with Crippen molar-refractivity contribution in [3.8, 4) is 0 Å². The van der Waals surface area contributed by atoms with Gasteiger partial charge in [-0.1, -0.05) is 146 Å². The normalized spacial score (nSPS) is 15.5. The van der Waals surface area contributed by atoms with Crippen LogP contribution in [0.4, 0.5) is 0 Å². The van der Waals surface area contributed by atoms with E-state index in [0.29, 0.717) is 12.8 Å². The molecule has 6 N–H and O–H groups in total. The number of phosphoric ester groups is 1. The summed E-state index contributed by atoms with van der Waals surface area (Å²) in [7, 11) is -4.40. The first-order valence-electron chi connectivity index (χ1n) is 19.3. The third-order valence-electron chi connectivity index (χ3n) is 8.19. The van der Waals surface area contributed by atoms with Gasteiger partial charge in [0.25, 0.3) is 0 Å². The van der Waals surface area contributed by atoms with Gasteiger partial charge >= 0.3 is 7.82 Å². The van der Waals surface area contributed by atoms with Crippen LogP contribution in [0, 0.1) is 0 Å². The molecule has 49 heavy (non-hydrogen) atoms. The van der Waals surface area contributed by atoms with E-state index in [0.717, 1.165) is 57.8 Å². The van der Waals surface area contributed by atoms with E-state index in [-0.39, 0.29) is 19.6 Å². The maximum atomic E-state index is 12.7. The van der Waals surface area contributed by atoms with Crippen molar-refractivity contribution in [1.29, 1.82) is 0 Å². The summed E-state index contributed by atoms with van der Waals surface area (Å²) < 4.78 is 21.9. The SMILES string of the molecule is CC/C=C\C/C=C\CCCCCCCCCCCCCCC(O)CC(=O)NC(COP(=O)(O)OCCN)C(O)/C=C/CC/C=C/CCCC. The van der Waals surface area contributed by atoms with Crippen LogP contribution in [-0.4, -0.2) is 59.0 Å². The molecular formula is C39H73N2O7P. The van der Waals surface area contributed by atoms with Crippen molar-refractivity contribution in [2.24, 2.45) is 5.73 Å². The minimum Gasteiger partial charge on any atom is -0.393 e. The molecule has 0 aromatic carbocycles. The lowest BCUT2D eigenvalue weighted by Crippen LogP contribution is -2.46. The number of phosphoric acid groups is 1. The Balaban J connectivity index is 4.23. The second-order valence-electron chi connectivity index (χ2n) is 12.9. The fourth-order valence-electron chi connectivity index (χ4n) is 5.27. The van der Waals surface area contributed by atoms with Crippen molar-refractivity contribution in [2.75, 3.05) is 19.8 Å². The molecule has 0 heterocycles. The molecule has 0 aromatic rings. The Morgan fingerprint density at radius 1 is 0.735 bits per heavy atom. The van der Waals surface area contributed by atoms with Gasteiger partial charge in [0.2, 0.25) is 5.91 Å². The van der Waals surface area contributed by atoms with E-state index in [1.54, 1.807) is 6.08 Å². The summed E-state index contributed by atoms with van der Waals surface area (Å²) in [5.74, 6) is -0.463. The number of carbonyl (C=O) groups is 1. The van der Waals surface area contributed by atoms with Gasteiger partial charge in [0.1, 0.15) is 0 Å². The first-order chi connectivity index (χ1) is 23.8. The number of amides is 1. The molecule has 0 aliphatic carbocycles. The number of unbranched alkanes of at least 4 members (excludes halogenated alkanes) is 15. The largest absolute Gasteiger partial charge is 0.472 e. The average Bonchev–Trinajstić information content (AvgIpc) is 3.07. The molecule has 0 bridgehead atoms. The Morgan fingerprint density at radius 3 is 1.92 bits per heavy atom. The number of aliphatic hydroxyl groups is 2. The molecule has 4 atom stereocenters. The smallest absolute Gasteiger partial charge is 0.393 e. The number of nitrogens with two attached hydrogens (primary N) is 1. The lowest BCUT2D eigenvalue weighted by molar-refractivity contribution is -0.124. The summed E-state index contributed by atoms with van der Waals surface area (Å²) in [4.78, 5) is 22.6. The summed E-state index contributed by atoms with van der Waals surface area (Å²) in [5.41, 5.74) is 5.33. The highest BCUT2D eigenvalue weighted by Crippen LogP contribution is 2.43. The van der Waals surface area contributed by atoms with Gasteiger partial charge in [-0.3, -0.25) is 13.8 Å². The van der Waals surface area contributed by atoms with Crippen LogP contribution in [0.2, 0.25) is 0 Å². The van der Waals surface area contributed by atoms with E-state index in [1.807, 2.05) is 6.08 Å². The molecule has 0 fully saturated rings. The molecule has 0 spiro atoms. The number of aliphatic hydroxyl groups excluding tert-OH is 2. The van der Waals surface area contributed by atoms with Gasteiger partial charge < -0.3 is 26.2 Å². The van der Waals surface area contributed by atoms with Crippen LogP contribution in [0.15, 0.2) is 48.6 Å². The van der Waals surface area contributed by atoms with Gasteiger partial charge in [-0.15, -0.1) is 0 Å². The van der Waals surface area contributed by atoms with Crippen molar-refractivity contribution in [3.63, 3.8) is 0 Å². The van der Waals surface area contributed by atoms with Crippen molar-refractivity contribution in [3.05, 3.63) is 48.6 Å². The Labute approximate surface area is 299 Å². The first-order valence-corrected chi connectivity index (χ1v) is 20.8. The summed E-state index contributed by atoms with van der Waals surface area (Å²) in [6, 6.07) is -0.997. The Kier molecular flexibility index (Phi) is 33.7. The maximum Gasteiger partial charge on any atom is 0.472 e. The Hall–Kier alpha value is -1.58. The van der Waals surface area contributed by atoms with Crippen LogP contribution < -0.4 is 11.1 Å². The molecule has 10 heteroatoms. The highest BCUT2D eigenvalue weighted by molar-refractivity contribution is 7.47. The third kappa shape index (κ3) is 33.3. The zero-order valence-electron chi connectivity index (χ0n) is 31.0. The quantitative estimate of drug-likeness (QED) is 0.0248.